The minimum atomic E-state index is -0.942. The van der Waals surface area contributed by atoms with Crippen LogP contribution in [0, 0.1) is 0 Å². The molecule has 1 atom stereocenters. The number of amides is 2. The number of thioether (sulfide) groups is 1. The van der Waals surface area contributed by atoms with Gasteiger partial charge in [0.1, 0.15) is 0 Å². The molecule has 2 N–H and O–H groups in total. The van der Waals surface area contributed by atoms with Gasteiger partial charge in [0.25, 0.3) is 0 Å². The summed E-state index contributed by atoms with van der Waals surface area (Å²) in [4.78, 5) is 24.5. The fourth-order valence-corrected chi connectivity index (χ4v) is 3.31. The molecule has 21 heavy (non-hydrogen) atoms. The topological polar surface area (TPSA) is 69.6 Å². The Kier molecular flexibility index (Phi) is 5.50. The monoisotopic (exact) mass is 308 g/mol. The molecule has 0 saturated carbocycles. The lowest BCUT2D eigenvalue weighted by atomic mass is 10.1. The zero-order chi connectivity index (χ0) is 15.2. The third kappa shape index (κ3) is 4.67. The van der Waals surface area contributed by atoms with E-state index < -0.39 is 5.97 Å². The third-order valence-corrected chi connectivity index (χ3v) is 4.67. The van der Waals surface area contributed by atoms with Crippen LogP contribution in [0.5, 0.6) is 0 Å². The Morgan fingerprint density at radius 3 is 2.67 bits per heavy atom. The maximum absolute atomic E-state index is 12.1. The van der Waals surface area contributed by atoms with Crippen LogP contribution in [-0.4, -0.2) is 46.6 Å². The average Bonchev–Trinajstić information content (AvgIpc) is 2.48. The summed E-state index contributed by atoms with van der Waals surface area (Å²) in [7, 11) is 1.75. The number of urea groups is 1. The first-order valence-electron chi connectivity index (χ1n) is 6.98. The SMILES string of the molecule is CN(Cc1ccc(C(=O)O)cc1)C(=O)NC1CCCSC1. The highest BCUT2D eigenvalue weighted by molar-refractivity contribution is 7.99. The first-order valence-corrected chi connectivity index (χ1v) is 8.13. The molecule has 1 unspecified atom stereocenters. The molecule has 1 aliphatic heterocycles. The van der Waals surface area contributed by atoms with E-state index in [-0.39, 0.29) is 17.6 Å². The molecule has 1 saturated heterocycles. The summed E-state index contributed by atoms with van der Waals surface area (Å²) in [5.41, 5.74) is 1.17. The summed E-state index contributed by atoms with van der Waals surface area (Å²) in [5.74, 6) is 1.22. The Hall–Kier alpha value is -1.69. The van der Waals surface area contributed by atoms with Gasteiger partial charge in [-0.2, -0.15) is 11.8 Å². The maximum atomic E-state index is 12.1. The van der Waals surface area contributed by atoms with Gasteiger partial charge >= 0.3 is 12.0 Å². The smallest absolute Gasteiger partial charge is 0.335 e. The van der Waals surface area contributed by atoms with E-state index in [9.17, 15) is 9.59 Å². The number of hydrogen-bond acceptors (Lipinski definition) is 3. The molecular formula is C15H20N2O3S. The van der Waals surface area contributed by atoms with Crippen LogP contribution in [-0.2, 0) is 6.54 Å². The number of carboxylic acid groups (broad SMARTS) is 1. The number of aromatic carboxylic acids is 1. The van der Waals surface area contributed by atoms with Crippen molar-refractivity contribution in [3.8, 4) is 0 Å². The average molecular weight is 308 g/mol. The summed E-state index contributed by atoms with van der Waals surface area (Å²) in [6, 6.07) is 6.77. The van der Waals surface area contributed by atoms with E-state index in [2.05, 4.69) is 5.32 Å². The molecule has 0 bridgehead atoms. The van der Waals surface area contributed by atoms with E-state index >= 15 is 0 Å². The van der Waals surface area contributed by atoms with Gasteiger partial charge in [-0.3, -0.25) is 0 Å². The zero-order valence-electron chi connectivity index (χ0n) is 12.0. The van der Waals surface area contributed by atoms with Gasteiger partial charge in [0.15, 0.2) is 0 Å². The van der Waals surface area contributed by atoms with Gasteiger partial charge in [-0.05, 0) is 36.3 Å². The van der Waals surface area contributed by atoms with Gasteiger partial charge in [-0.25, -0.2) is 9.59 Å². The summed E-state index contributed by atoms with van der Waals surface area (Å²) in [6.07, 6.45) is 2.19. The quantitative estimate of drug-likeness (QED) is 0.896. The van der Waals surface area contributed by atoms with Crippen molar-refractivity contribution in [2.24, 2.45) is 0 Å². The lowest BCUT2D eigenvalue weighted by Crippen LogP contribution is -2.44. The number of rotatable bonds is 4. The van der Waals surface area contributed by atoms with Crippen molar-refractivity contribution in [2.45, 2.75) is 25.4 Å². The molecule has 1 aromatic rings. The number of benzene rings is 1. The Morgan fingerprint density at radius 1 is 1.38 bits per heavy atom. The Morgan fingerprint density at radius 2 is 2.10 bits per heavy atom. The van der Waals surface area contributed by atoms with Crippen molar-refractivity contribution in [3.63, 3.8) is 0 Å². The van der Waals surface area contributed by atoms with Crippen molar-refractivity contribution >= 4 is 23.8 Å². The first-order chi connectivity index (χ1) is 10.1. The minimum absolute atomic E-state index is 0.0789. The highest BCUT2D eigenvalue weighted by Crippen LogP contribution is 2.17. The van der Waals surface area contributed by atoms with Crippen molar-refractivity contribution in [3.05, 3.63) is 35.4 Å². The van der Waals surface area contributed by atoms with Crippen LogP contribution in [0.25, 0.3) is 0 Å². The highest BCUT2D eigenvalue weighted by atomic mass is 32.2. The molecule has 1 heterocycles. The second-order valence-electron chi connectivity index (χ2n) is 5.22. The molecule has 114 valence electrons. The number of hydrogen-bond donors (Lipinski definition) is 2. The normalized spacial score (nSPS) is 18.0. The van der Waals surface area contributed by atoms with Crippen LogP contribution >= 0.6 is 11.8 Å². The van der Waals surface area contributed by atoms with Crippen molar-refractivity contribution in [1.29, 1.82) is 0 Å². The summed E-state index contributed by atoms with van der Waals surface area (Å²) in [6.45, 7) is 0.464. The molecule has 2 amide bonds. The standard InChI is InChI=1S/C15H20N2O3S/c1-17(15(20)16-13-3-2-8-21-10-13)9-11-4-6-12(7-5-11)14(18)19/h4-7,13H,2-3,8-10H2,1H3,(H,16,20)(H,18,19). The van der Waals surface area contributed by atoms with E-state index in [4.69, 9.17) is 5.11 Å². The van der Waals surface area contributed by atoms with Crippen LogP contribution in [0.3, 0.4) is 0 Å². The van der Waals surface area contributed by atoms with Gasteiger partial charge in [0.05, 0.1) is 5.56 Å². The molecule has 1 aromatic carbocycles. The largest absolute Gasteiger partial charge is 0.478 e. The number of carbonyl (C=O) groups excluding carboxylic acids is 1. The number of nitrogens with zero attached hydrogens (tertiary/aromatic N) is 1. The van der Waals surface area contributed by atoms with E-state index in [1.54, 1.807) is 36.2 Å². The molecule has 0 radical (unpaired) electrons. The number of carboxylic acids is 1. The van der Waals surface area contributed by atoms with Gasteiger partial charge in [-0.15, -0.1) is 0 Å². The lowest BCUT2D eigenvalue weighted by Gasteiger charge is -2.26. The van der Waals surface area contributed by atoms with Crippen LogP contribution in [0.1, 0.15) is 28.8 Å². The van der Waals surface area contributed by atoms with Crippen molar-refractivity contribution in [2.75, 3.05) is 18.6 Å². The van der Waals surface area contributed by atoms with E-state index in [0.717, 1.165) is 24.2 Å². The van der Waals surface area contributed by atoms with Crippen molar-refractivity contribution in [1.82, 2.24) is 10.2 Å². The van der Waals surface area contributed by atoms with Gasteiger partial charge in [0.2, 0.25) is 0 Å². The lowest BCUT2D eigenvalue weighted by molar-refractivity contribution is 0.0697. The van der Waals surface area contributed by atoms with E-state index in [0.29, 0.717) is 6.54 Å². The molecule has 0 aromatic heterocycles. The van der Waals surface area contributed by atoms with Gasteiger partial charge in [-0.1, -0.05) is 12.1 Å². The molecule has 2 rings (SSSR count). The maximum Gasteiger partial charge on any atom is 0.335 e. The van der Waals surface area contributed by atoms with Gasteiger partial charge < -0.3 is 15.3 Å². The molecule has 1 aliphatic rings. The molecule has 5 nitrogen and oxygen atoms in total. The van der Waals surface area contributed by atoms with Gasteiger partial charge in [0, 0.05) is 25.4 Å². The fourth-order valence-electron chi connectivity index (χ4n) is 2.24. The fraction of sp³-hybridized carbons (Fsp3) is 0.467. The second kappa shape index (κ2) is 7.36. The second-order valence-corrected chi connectivity index (χ2v) is 6.37. The zero-order valence-corrected chi connectivity index (χ0v) is 12.9. The van der Waals surface area contributed by atoms with Crippen LogP contribution in [0.15, 0.2) is 24.3 Å². The Labute approximate surface area is 128 Å². The predicted molar refractivity (Wildman–Crippen MR) is 83.7 cm³/mol. The Balaban J connectivity index is 1.86. The van der Waals surface area contributed by atoms with Crippen LogP contribution < -0.4 is 5.32 Å². The predicted octanol–water partition coefficient (Wildman–Crippen LogP) is 2.42. The first kappa shape index (κ1) is 15.7. The number of nitrogens with one attached hydrogen (secondary N) is 1. The van der Waals surface area contributed by atoms with E-state index in [1.807, 2.05) is 11.8 Å². The summed E-state index contributed by atoms with van der Waals surface area (Å²) >= 11 is 1.88. The highest BCUT2D eigenvalue weighted by Gasteiger charge is 2.18. The number of carbonyl (C=O) groups is 2. The van der Waals surface area contributed by atoms with Crippen molar-refractivity contribution < 1.29 is 14.7 Å². The summed E-state index contributed by atoms with van der Waals surface area (Å²) in [5, 5.41) is 11.9. The molecule has 0 aliphatic carbocycles. The minimum Gasteiger partial charge on any atom is -0.478 e. The van der Waals surface area contributed by atoms with Crippen LogP contribution in [0.4, 0.5) is 4.79 Å². The molecular weight excluding hydrogens is 288 g/mol. The molecule has 1 fully saturated rings. The Bertz CT molecular complexity index is 498. The molecule has 6 heteroatoms. The molecule has 0 spiro atoms. The summed E-state index contributed by atoms with van der Waals surface area (Å²) < 4.78 is 0. The van der Waals surface area contributed by atoms with E-state index in [1.165, 1.54) is 5.75 Å². The third-order valence-electron chi connectivity index (χ3n) is 3.46. The van der Waals surface area contributed by atoms with Crippen LogP contribution in [0.2, 0.25) is 0 Å².